The van der Waals surface area contributed by atoms with Crippen LogP contribution in [-0.4, -0.2) is 108 Å². The minimum atomic E-state index is -0.791. The number of hydrogen-bond acceptors (Lipinski definition) is 12. The van der Waals surface area contributed by atoms with Gasteiger partial charge in [0.15, 0.2) is 12.6 Å². The molecule has 1 unspecified atom stereocenters. The van der Waals surface area contributed by atoms with E-state index in [1.807, 2.05) is 0 Å². The van der Waals surface area contributed by atoms with Crippen molar-refractivity contribution < 1.29 is 52.3 Å². The molecule has 0 aliphatic carbocycles. The van der Waals surface area contributed by atoms with Crippen LogP contribution in [0.2, 0.25) is 0 Å². The van der Waals surface area contributed by atoms with E-state index in [9.17, 15) is 14.4 Å². The van der Waals surface area contributed by atoms with Gasteiger partial charge in [-0.3, -0.25) is 9.59 Å². The lowest BCUT2D eigenvalue weighted by molar-refractivity contribution is -0.150. The Labute approximate surface area is 445 Å². The molecule has 73 heavy (non-hydrogen) atoms. The van der Waals surface area contributed by atoms with E-state index in [4.69, 9.17) is 37.9 Å². The second-order valence-corrected chi connectivity index (χ2v) is 19.3. The molecule has 0 spiro atoms. The highest BCUT2D eigenvalue weighted by molar-refractivity contribution is 5.69. The van der Waals surface area contributed by atoms with E-state index >= 15 is 0 Å². The molecular weight excluding hydrogens is 923 g/mol. The maximum atomic E-state index is 13.0. The van der Waals surface area contributed by atoms with Gasteiger partial charge in [0.25, 0.3) is 0 Å². The number of rotatable bonds is 43. The minimum Gasteiger partial charge on any atom is -0.465 e. The summed E-state index contributed by atoms with van der Waals surface area (Å²) in [6.45, 7) is 14.9. The number of hydrogen-bond donors (Lipinski definition) is 0. The van der Waals surface area contributed by atoms with Gasteiger partial charge in [-0.15, -0.1) is 23.7 Å². The van der Waals surface area contributed by atoms with Gasteiger partial charge in [0.2, 0.25) is 0 Å². The average Bonchev–Trinajstić information content (AvgIpc) is 3.40. The summed E-state index contributed by atoms with van der Waals surface area (Å²) in [6, 6.07) is 0. The average molecular weight is 1020 g/mol. The summed E-state index contributed by atoms with van der Waals surface area (Å²) in [6.07, 6.45) is 26.5. The Hall–Kier alpha value is -3.75. The quantitative estimate of drug-likeness (QED) is 0.0190. The molecule has 12 nitrogen and oxygen atoms in total. The van der Waals surface area contributed by atoms with E-state index in [1.54, 1.807) is 0 Å². The smallest absolute Gasteiger partial charge is 0.465 e. The second kappa shape index (κ2) is 51.7. The highest BCUT2D eigenvalue weighted by atomic mass is 16.7. The van der Waals surface area contributed by atoms with E-state index in [0.717, 1.165) is 83.8 Å². The van der Waals surface area contributed by atoms with E-state index < -0.39 is 36.6 Å². The first kappa shape index (κ1) is 67.3. The van der Waals surface area contributed by atoms with Crippen molar-refractivity contribution >= 4 is 18.1 Å². The van der Waals surface area contributed by atoms with Crippen LogP contribution in [0.25, 0.3) is 0 Å². The lowest BCUT2D eigenvalue weighted by Crippen LogP contribution is -2.37. The predicted octanol–water partition coefficient (Wildman–Crippen LogP) is 13.3. The van der Waals surface area contributed by atoms with Gasteiger partial charge in [0, 0.05) is 51.0 Å². The van der Waals surface area contributed by atoms with Crippen molar-refractivity contribution in [2.45, 2.75) is 240 Å². The zero-order chi connectivity index (χ0) is 52.9. The minimum absolute atomic E-state index is 0.0871. The number of piperidine rings is 1. The summed E-state index contributed by atoms with van der Waals surface area (Å²) in [5.41, 5.74) is 0. The van der Waals surface area contributed by atoms with Crippen LogP contribution in [0.15, 0.2) is 0 Å². The van der Waals surface area contributed by atoms with E-state index in [1.165, 1.54) is 77.0 Å². The van der Waals surface area contributed by atoms with Crippen molar-refractivity contribution in [2.75, 3.05) is 72.5 Å². The van der Waals surface area contributed by atoms with Crippen molar-refractivity contribution in [3.63, 3.8) is 0 Å². The van der Waals surface area contributed by atoms with Crippen molar-refractivity contribution in [2.24, 2.45) is 11.8 Å². The third kappa shape index (κ3) is 44.3. The van der Waals surface area contributed by atoms with E-state index in [-0.39, 0.29) is 71.6 Å². The summed E-state index contributed by atoms with van der Waals surface area (Å²) in [5.74, 6) is 24.1. The number of esters is 2. The van der Waals surface area contributed by atoms with Crippen LogP contribution in [0.1, 0.15) is 227 Å². The first-order valence-corrected chi connectivity index (χ1v) is 29.0. The molecule has 1 heterocycles. The molecule has 0 aromatic rings. The maximum Gasteiger partial charge on any atom is 0.508 e. The molecule has 1 saturated heterocycles. The van der Waals surface area contributed by atoms with Crippen LogP contribution in [-0.2, 0) is 47.5 Å². The Kier molecular flexibility index (Phi) is 47.7. The van der Waals surface area contributed by atoms with Crippen LogP contribution in [0.5, 0.6) is 0 Å². The molecule has 0 aromatic carbocycles. The predicted molar refractivity (Wildman–Crippen MR) is 292 cm³/mol. The fourth-order valence-corrected chi connectivity index (χ4v) is 7.95. The van der Waals surface area contributed by atoms with Gasteiger partial charge in [-0.05, 0) is 90.1 Å². The summed E-state index contributed by atoms with van der Waals surface area (Å²) in [5, 5.41) is 0. The van der Waals surface area contributed by atoms with Gasteiger partial charge < -0.3 is 42.8 Å². The number of ether oxygens (including phenoxy) is 8. The number of likely N-dealkylation sites (tertiary alicyclic amines) is 1. The molecule has 0 bridgehead atoms. The Morgan fingerprint density at radius 1 is 0.466 bits per heavy atom. The molecule has 0 amide bonds. The molecule has 1 aliphatic heterocycles. The Morgan fingerprint density at radius 3 is 1.25 bits per heavy atom. The Bertz CT molecular complexity index is 1440. The Morgan fingerprint density at radius 2 is 0.863 bits per heavy atom. The van der Waals surface area contributed by atoms with E-state index in [2.05, 4.69) is 86.9 Å². The van der Waals surface area contributed by atoms with Crippen LogP contribution >= 0.6 is 0 Å². The molecule has 1 fully saturated rings. The highest BCUT2D eigenvalue weighted by Crippen LogP contribution is 2.18. The fourth-order valence-electron chi connectivity index (χ4n) is 7.95. The van der Waals surface area contributed by atoms with Gasteiger partial charge >= 0.3 is 18.1 Å². The number of nitrogens with zero attached hydrogens (tertiary/aromatic N) is 1. The summed E-state index contributed by atoms with van der Waals surface area (Å²) < 4.78 is 46.2. The number of carbonyl (C=O) groups excluding carboxylic acids is 3. The standard InChI is InChI=1S/C61H101NO11/c1-6-11-15-19-23-27-35-46-66-59(67-47-36-28-24-20-16-12-7-2)43-33-31-41-57(63)70-52-56(54-73-61(65)72-51-55-40-39-45-62(10-5)50-55)53-71-58(64)42-32-34-44-60(68-48-37-29-25-21-17-13-8-3)69-49-38-30-26-22-18-14-9-4/h55-56,59-60H,6-26,31-34,39-54H2,1-5H3. The van der Waals surface area contributed by atoms with Gasteiger partial charge in [-0.1, -0.05) is 135 Å². The van der Waals surface area contributed by atoms with Gasteiger partial charge in [0.05, 0.1) is 12.5 Å². The molecule has 1 aliphatic rings. The lowest BCUT2D eigenvalue weighted by atomic mass is 9.99. The summed E-state index contributed by atoms with van der Waals surface area (Å²) in [7, 11) is 0. The van der Waals surface area contributed by atoms with Crippen LogP contribution < -0.4 is 0 Å². The zero-order valence-corrected chi connectivity index (χ0v) is 46.7. The second-order valence-electron chi connectivity index (χ2n) is 19.3. The maximum absolute atomic E-state index is 13.0. The van der Waals surface area contributed by atoms with Crippen LogP contribution in [0.3, 0.4) is 0 Å². The van der Waals surface area contributed by atoms with Crippen molar-refractivity contribution in [3.05, 3.63) is 0 Å². The van der Waals surface area contributed by atoms with Crippen molar-refractivity contribution in [1.29, 1.82) is 0 Å². The highest BCUT2D eigenvalue weighted by Gasteiger charge is 2.22. The zero-order valence-electron chi connectivity index (χ0n) is 46.7. The molecule has 0 saturated carbocycles. The van der Waals surface area contributed by atoms with Crippen LogP contribution in [0, 0.1) is 59.2 Å². The van der Waals surface area contributed by atoms with Crippen molar-refractivity contribution in [3.8, 4) is 47.4 Å². The summed E-state index contributed by atoms with van der Waals surface area (Å²) in [4.78, 5) is 41.1. The molecule has 0 N–H and O–H groups in total. The molecule has 0 aromatic heterocycles. The number of carbonyl (C=O) groups is 3. The first-order chi connectivity index (χ1) is 35.8. The summed E-state index contributed by atoms with van der Waals surface area (Å²) >= 11 is 0. The first-order valence-electron chi connectivity index (χ1n) is 29.0. The largest absolute Gasteiger partial charge is 0.508 e. The Balaban J connectivity index is 2.75. The van der Waals surface area contributed by atoms with Gasteiger partial charge in [0.1, 0.15) is 46.2 Å². The SMILES string of the molecule is CCCCCCC#CCOC(CCCCC(=O)OCC(COC(=O)CCCCC(OCC#CCCCCCC)OCC#CCCCCCC)COC(=O)OCC1CCCN(CC)C1)OCC#CCCCCCC. The molecule has 0 radical (unpaired) electrons. The van der Waals surface area contributed by atoms with Gasteiger partial charge in [-0.25, -0.2) is 4.79 Å². The molecular formula is C61H101NO11. The molecule has 1 atom stereocenters. The lowest BCUT2D eigenvalue weighted by Gasteiger charge is -2.31. The topological polar surface area (TPSA) is 128 Å². The molecule has 12 heteroatoms. The van der Waals surface area contributed by atoms with Crippen LogP contribution in [0.4, 0.5) is 4.79 Å². The monoisotopic (exact) mass is 1020 g/mol. The normalized spacial score (nSPS) is 13.3. The van der Waals surface area contributed by atoms with E-state index in [0.29, 0.717) is 38.5 Å². The third-order valence-electron chi connectivity index (χ3n) is 12.5. The molecule has 1 rings (SSSR count). The van der Waals surface area contributed by atoms with Gasteiger partial charge in [-0.2, -0.15) is 0 Å². The van der Waals surface area contributed by atoms with Crippen molar-refractivity contribution in [1.82, 2.24) is 4.90 Å². The fraction of sp³-hybridized carbons (Fsp3) is 0.820. The number of unbranched alkanes of at least 4 members (excludes halogenated alkanes) is 18. The molecule has 416 valence electrons. The third-order valence-corrected chi connectivity index (χ3v) is 12.5.